The highest BCUT2D eigenvalue weighted by Gasteiger charge is 2.18. The van der Waals surface area contributed by atoms with E-state index in [1.807, 2.05) is 53.6 Å². The number of benzene rings is 1. The lowest BCUT2D eigenvalue weighted by Gasteiger charge is -1.96. The van der Waals surface area contributed by atoms with Gasteiger partial charge in [-0.15, -0.1) is 4.68 Å². The number of aryl methyl sites for hydroxylation is 1. The van der Waals surface area contributed by atoms with E-state index in [-0.39, 0.29) is 0 Å². The van der Waals surface area contributed by atoms with Gasteiger partial charge in [0.05, 0.1) is 0 Å². The fourth-order valence-corrected chi connectivity index (χ4v) is 1.81. The third-order valence-corrected chi connectivity index (χ3v) is 2.54. The third kappa shape index (κ3) is 1.42. The molecule has 4 heteroatoms. The molecule has 0 aliphatic heterocycles. The Balaban J connectivity index is 2.62. The van der Waals surface area contributed by atoms with Gasteiger partial charge in [-0.05, 0) is 17.2 Å². The van der Waals surface area contributed by atoms with E-state index < -0.39 is 0 Å². The Labute approximate surface area is 88.4 Å². The number of rotatable bonds is 1. The largest absolute Gasteiger partial charge is 0.297 e. The Bertz CT molecular complexity index is 448. The van der Waals surface area contributed by atoms with Crippen LogP contribution in [0.5, 0.6) is 0 Å². The van der Waals surface area contributed by atoms with Crippen LogP contribution in [-0.2, 0) is 7.05 Å². The fourth-order valence-electron chi connectivity index (χ4n) is 1.42. The van der Waals surface area contributed by atoms with E-state index in [0.717, 1.165) is 11.5 Å². The molecule has 0 radical (unpaired) electrons. The lowest BCUT2D eigenvalue weighted by molar-refractivity contribution is -0.736. The Morgan fingerprint density at radius 3 is 2.43 bits per heavy atom. The summed E-state index contributed by atoms with van der Waals surface area (Å²) in [5, 5.41) is 4.94. The highest BCUT2D eigenvalue weighted by atomic mass is 32.1. The smallest absolute Gasteiger partial charge is 0.170 e. The molecule has 0 amide bonds. The summed E-state index contributed by atoms with van der Waals surface area (Å²) in [5.41, 5.74) is 1.09. The maximum atomic E-state index is 4.33. The first-order chi connectivity index (χ1) is 6.70. The van der Waals surface area contributed by atoms with E-state index >= 15 is 0 Å². The Kier molecular flexibility index (Phi) is 2.29. The maximum Gasteiger partial charge on any atom is 0.297 e. The third-order valence-electron chi connectivity index (χ3n) is 2.25. The van der Waals surface area contributed by atoms with Gasteiger partial charge in [0.1, 0.15) is 12.7 Å². The van der Waals surface area contributed by atoms with Crippen molar-refractivity contribution in [3.8, 4) is 5.69 Å². The van der Waals surface area contributed by atoms with Crippen molar-refractivity contribution in [3.05, 3.63) is 36.2 Å². The summed E-state index contributed by atoms with van der Waals surface area (Å²) in [5.74, 6) is 1.06. The Hall–Kier alpha value is -1.29. The summed E-state index contributed by atoms with van der Waals surface area (Å²) >= 11 is 4.33. The van der Waals surface area contributed by atoms with E-state index in [1.54, 1.807) is 0 Å². The topological polar surface area (TPSA) is 21.7 Å². The number of hydrogen-bond acceptors (Lipinski definition) is 2. The molecule has 0 aliphatic rings. The van der Waals surface area contributed by atoms with Gasteiger partial charge in [-0.1, -0.05) is 30.8 Å². The summed E-state index contributed by atoms with van der Waals surface area (Å²) in [6.07, 6.45) is 0. The molecule has 2 aromatic rings. The molecule has 0 saturated carbocycles. The average Bonchev–Trinajstić information content (AvgIpc) is 2.43. The molecule has 1 aromatic heterocycles. The van der Waals surface area contributed by atoms with Crippen LogP contribution in [0.15, 0.2) is 35.5 Å². The Morgan fingerprint density at radius 2 is 1.93 bits per heavy atom. The molecule has 0 unspecified atom stereocenters. The van der Waals surface area contributed by atoms with E-state index in [0.29, 0.717) is 5.16 Å². The van der Waals surface area contributed by atoms with Gasteiger partial charge in [0.25, 0.3) is 11.0 Å². The zero-order valence-electron chi connectivity index (χ0n) is 8.18. The van der Waals surface area contributed by atoms with Crippen LogP contribution < -0.4 is 4.68 Å². The number of thiol groups is 1. The van der Waals surface area contributed by atoms with E-state index in [2.05, 4.69) is 17.7 Å². The van der Waals surface area contributed by atoms with Crippen molar-refractivity contribution < 1.29 is 4.68 Å². The first-order valence-electron chi connectivity index (χ1n) is 4.40. The van der Waals surface area contributed by atoms with Crippen LogP contribution >= 0.6 is 12.6 Å². The standard InChI is InChI=1S/C10H11N3S/c1-8-12(2)11-10(14)13(8)9-6-4-3-5-7-9/h3-7H,1-2H3/p+1. The molecule has 1 aromatic carbocycles. The van der Waals surface area contributed by atoms with Gasteiger partial charge in [-0.2, -0.15) is 4.57 Å². The van der Waals surface area contributed by atoms with Gasteiger partial charge in [-0.25, -0.2) is 0 Å². The molecular weight excluding hydrogens is 194 g/mol. The van der Waals surface area contributed by atoms with Crippen molar-refractivity contribution >= 4 is 12.6 Å². The van der Waals surface area contributed by atoms with E-state index in [1.165, 1.54) is 0 Å². The molecule has 0 spiro atoms. The molecular formula is C10H12N3S+. The molecule has 0 bridgehead atoms. The molecule has 1 heterocycles. The lowest BCUT2D eigenvalue weighted by Crippen LogP contribution is -2.33. The number of aromatic nitrogens is 3. The zero-order chi connectivity index (χ0) is 10.1. The van der Waals surface area contributed by atoms with Crippen LogP contribution in [0.4, 0.5) is 0 Å². The fraction of sp³-hybridized carbons (Fsp3) is 0.200. The number of para-hydroxylation sites is 1. The lowest BCUT2D eigenvalue weighted by atomic mass is 10.3. The van der Waals surface area contributed by atoms with Crippen LogP contribution in [0.1, 0.15) is 5.82 Å². The minimum Gasteiger partial charge on any atom is -0.170 e. The summed E-state index contributed by atoms with van der Waals surface area (Å²) in [6, 6.07) is 10.1. The summed E-state index contributed by atoms with van der Waals surface area (Å²) in [4.78, 5) is 0. The maximum absolute atomic E-state index is 4.33. The van der Waals surface area contributed by atoms with Crippen LogP contribution in [0.3, 0.4) is 0 Å². The number of hydrogen-bond donors (Lipinski definition) is 1. The minimum absolute atomic E-state index is 0.705. The van der Waals surface area contributed by atoms with Crippen molar-refractivity contribution in [1.82, 2.24) is 9.67 Å². The van der Waals surface area contributed by atoms with Crippen LogP contribution in [0.2, 0.25) is 0 Å². The normalized spacial score (nSPS) is 10.5. The van der Waals surface area contributed by atoms with E-state index in [9.17, 15) is 0 Å². The minimum atomic E-state index is 0.705. The average molecular weight is 206 g/mol. The van der Waals surface area contributed by atoms with E-state index in [4.69, 9.17) is 0 Å². The SMILES string of the molecule is Cc1n(-c2ccccc2)c(S)n[n+]1C. The Morgan fingerprint density at radius 1 is 1.29 bits per heavy atom. The van der Waals surface area contributed by atoms with Crippen molar-refractivity contribution in [2.75, 3.05) is 0 Å². The quantitative estimate of drug-likeness (QED) is 0.551. The van der Waals surface area contributed by atoms with Gasteiger partial charge in [0.15, 0.2) is 0 Å². The van der Waals surface area contributed by atoms with Crippen molar-refractivity contribution in [2.24, 2.45) is 7.05 Å². The molecule has 2 rings (SSSR count). The molecule has 0 saturated heterocycles. The molecule has 0 aliphatic carbocycles. The van der Waals surface area contributed by atoms with Crippen LogP contribution in [0.25, 0.3) is 5.69 Å². The molecule has 14 heavy (non-hydrogen) atoms. The first kappa shape index (κ1) is 9.27. The second-order valence-electron chi connectivity index (χ2n) is 3.14. The second kappa shape index (κ2) is 3.46. The molecule has 72 valence electrons. The van der Waals surface area contributed by atoms with Gasteiger partial charge in [0, 0.05) is 6.92 Å². The van der Waals surface area contributed by atoms with Gasteiger partial charge < -0.3 is 0 Å². The van der Waals surface area contributed by atoms with Gasteiger partial charge in [0.2, 0.25) is 0 Å². The monoisotopic (exact) mass is 206 g/mol. The highest BCUT2D eigenvalue weighted by Crippen LogP contribution is 2.13. The summed E-state index contributed by atoms with van der Waals surface area (Å²) in [6.45, 7) is 2.01. The molecule has 0 N–H and O–H groups in total. The summed E-state index contributed by atoms with van der Waals surface area (Å²) in [7, 11) is 1.91. The molecule has 3 nitrogen and oxygen atoms in total. The number of nitrogens with zero attached hydrogens (tertiary/aromatic N) is 3. The molecule has 0 fully saturated rings. The van der Waals surface area contributed by atoms with Crippen LogP contribution in [0, 0.1) is 6.92 Å². The second-order valence-corrected chi connectivity index (χ2v) is 3.54. The van der Waals surface area contributed by atoms with Crippen molar-refractivity contribution in [3.63, 3.8) is 0 Å². The van der Waals surface area contributed by atoms with Crippen LogP contribution in [-0.4, -0.2) is 9.67 Å². The van der Waals surface area contributed by atoms with Crippen molar-refractivity contribution in [2.45, 2.75) is 12.1 Å². The van der Waals surface area contributed by atoms with Gasteiger partial charge >= 0.3 is 0 Å². The predicted octanol–water partition coefficient (Wildman–Crippen LogP) is 1.29. The first-order valence-corrected chi connectivity index (χ1v) is 4.85. The van der Waals surface area contributed by atoms with Gasteiger partial charge in [-0.3, -0.25) is 0 Å². The highest BCUT2D eigenvalue weighted by molar-refractivity contribution is 7.80. The molecule has 0 atom stereocenters. The predicted molar refractivity (Wildman–Crippen MR) is 56.7 cm³/mol. The zero-order valence-corrected chi connectivity index (χ0v) is 9.07. The summed E-state index contributed by atoms with van der Waals surface area (Å²) < 4.78 is 3.82. The van der Waals surface area contributed by atoms with Crippen molar-refractivity contribution in [1.29, 1.82) is 0 Å².